The molecular formula is C17H20N6O2. The monoisotopic (exact) mass is 340 g/mol. The van der Waals surface area contributed by atoms with E-state index in [9.17, 15) is 4.79 Å². The quantitative estimate of drug-likeness (QED) is 0.667. The van der Waals surface area contributed by atoms with Crippen LogP contribution in [0.2, 0.25) is 0 Å². The zero-order valence-corrected chi connectivity index (χ0v) is 13.9. The summed E-state index contributed by atoms with van der Waals surface area (Å²) in [5, 5.41) is 20.1. The maximum absolute atomic E-state index is 12.3. The summed E-state index contributed by atoms with van der Waals surface area (Å²) in [5.41, 5.74) is 2.51. The summed E-state index contributed by atoms with van der Waals surface area (Å²) in [4.78, 5) is 16.2. The molecule has 0 saturated carbocycles. The zero-order chi connectivity index (χ0) is 17.6. The molecule has 0 spiro atoms. The molecule has 0 radical (unpaired) electrons. The van der Waals surface area contributed by atoms with Gasteiger partial charge in [0, 0.05) is 23.4 Å². The van der Waals surface area contributed by atoms with E-state index in [-0.39, 0.29) is 18.6 Å². The largest absolute Gasteiger partial charge is 0.394 e. The molecule has 1 amide bonds. The smallest absolute Gasteiger partial charge is 0.251 e. The fourth-order valence-corrected chi connectivity index (χ4v) is 2.51. The van der Waals surface area contributed by atoms with E-state index in [2.05, 4.69) is 20.5 Å². The Morgan fingerprint density at radius 3 is 2.68 bits per heavy atom. The van der Waals surface area contributed by atoms with Crippen molar-refractivity contribution in [3.05, 3.63) is 54.9 Å². The Morgan fingerprint density at radius 1 is 1.20 bits per heavy atom. The van der Waals surface area contributed by atoms with Crippen molar-refractivity contribution in [3.8, 4) is 11.1 Å². The van der Waals surface area contributed by atoms with Crippen LogP contribution in [0.4, 0.5) is 0 Å². The second-order valence-electron chi connectivity index (χ2n) is 5.79. The van der Waals surface area contributed by atoms with Crippen molar-refractivity contribution in [2.75, 3.05) is 6.61 Å². The average Bonchev–Trinajstić information content (AvgIpc) is 3.27. The number of aromatic nitrogens is 5. The highest BCUT2D eigenvalue weighted by Crippen LogP contribution is 2.19. The van der Waals surface area contributed by atoms with Gasteiger partial charge in [0.25, 0.3) is 5.91 Å². The van der Waals surface area contributed by atoms with Crippen molar-refractivity contribution < 1.29 is 9.90 Å². The van der Waals surface area contributed by atoms with Crippen LogP contribution in [0, 0.1) is 0 Å². The summed E-state index contributed by atoms with van der Waals surface area (Å²) in [6, 6.07) is 7.28. The van der Waals surface area contributed by atoms with E-state index in [1.54, 1.807) is 34.0 Å². The third-order valence-electron chi connectivity index (χ3n) is 3.75. The third kappa shape index (κ3) is 4.30. The summed E-state index contributed by atoms with van der Waals surface area (Å²) < 4.78 is 3.36. The van der Waals surface area contributed by atoms with Gasteiger partial charge in [-0.1, -0.05) is 12.1 Å². The second-order valence-corrected chi connectivity index (χ2v) is 5.79. The number of aliphatic hydroxyl groups excluding tert-OH is 1. The molecular weight excluding hydrogens is 320 g/mol. The van der Waals surface area contributed by atoms with Crippen LogP contribution in [0.15, 0.2) is 49.3 Å². The molecule has 0 aliphatic heterocycles. The molecule has 0 unspecified atom stereocenters. The lowest BCUT2D eigenvalue weighted by Crippen LogP contribution is -2.35. The molecule has 0 fully saturated rings. The summed E-state index contributed by atoms with van der Waals surface area (Å²) in [5.74, 6) is -0.129. The molecule has 3 aromatic rings. The Labute approximate surface area is 145 Å². The van der Waals surface area contributed by atoms with E-state index in [1.807, 2.05) is 25.3 Å². The molecule has 25 heavy (non-hydrogen) atoms. The molecule has 2 N–H and O–H groups in total. The van der Waals surface area contributed by atoms with Crippen LogP contribution in [0.1, 0.15) is 17.3 Å². The van der Waals surface area contributed by atoms with Crippen LogP contribution in [0.3, 0.4) is 0 Å². The van der Waals surface area contributed by atoms with Gasteiger partial charge in [-0.15, -0.1) is 0 Å². The van der Waals surface area contributed by atoms with Gasteiger partial charge in [-0.3, -0.25) is 14.2 Å². The predicted molar refractivity (Wildman–Crippen MR) is 91.7 cm³/mol. The van der Waals surface area contributed by atoms with Gasteiger partial charge in [0.05, 0.1) is 25.9 Å². The Hall–Kier alpha value is -3.00. The topological polar surface area (TPSA) is 97.9 Å². The molecule has 2 heterocycles. The van der Waals surface area contributed by atoms with Gasteiger partial charge >= 0.3 is 0 Å². The highest BCUT2D eigenvalue weighted by Gasteiger charge is 2.11. The number of hydrogen-bond acceptors (Lipinski definition) is 5. The number of nitrogens with zero attached hydrogens (tertiary/aromatic N) is 5. The number of aliphatic hydroxyl groups is 1. The molecule has 0 bridgehead atoms. The van der Waals surface area contributed by atoms with Crippen molar-refractivity contribution in [1.82, 2.24) is 29.9 Å². The lowest BCUT2D eigenvalue weighted by atomic mass is 10.1. The molecule has 130 valence electrons. The maximum atomic E-state index is 12.3. The van der Waals surface area contributed by atoms with Gasteiger partial charge in [-0.2, -0.15) is 10.2 Å². The van der Waals surface area contributed by atoms with E-state index in [1.165, 1.54) is 6.33 Å². The first-order chi connectivity index (χ1) is 12.2. The van der Waals surface area contributed by atoms with Crippen LogP contribution < -0.4 is 5.32 Å². The SMILES string of the molecule is C[C@H](Cn1cncn1)NC(=O)c1ccc(-c2cnn(CCO)c2)cc1. The Kier molecular flexibility index (Phi) is 5.20. The van der Waals surface area contributed by atoms with Crippen LogP contribution in [-0.4, -0.2) is 48.2 Å². The first-order valence-electron chi connectivity index (χ1n) is 8.02. The molecule has 1 atom stereocenters. The van der Waals surface area contributed by atoms with E-state index < -0.39 is 0 Å². The number of carbonyl (C=O) groups excluding carboxylic acids is 1. The van der Waals surface area contributed by atoms with E-state index in [0.717, 1.165) is 11.1 Å². The minimum Gasteiger partial charge on any atom is -0.394 e. The standard InChI is InChI=1S/C17H20N6O2/c1-13(9-23-12-18-11-20-23)21-17(25)15-4-2-14(3-5-15)16-8-19-22(10-16)6-7-24/h2-5,8,10-13,24H,6-7,9H2,1H3,(H,21,25)/t13-/m1/s1. The van der Waals surface area contributed by atoms with Crippen LogP contribution in [-0.2, 0) is 13.1 Å². The normalized spacial score (nSPS) is 12.1. The second kappa shape index (κ2) is 7.71. The van der Waals surface area contributed by atoms with E-state index in [4.69, 9.17) is 5.11 Å². The van der Waals surface area contributed by atoms with Gasteiger partial charge in [-0.25, -0.2) is 4.98 Å². The van der Waals surface area contributed by atoms with Gasteiger partial charge < -0.3 is 10.4 Å². The number of rotatable bonds is 7. The average molecular weight is 340 g/mol. The molecule has 1 aromatic carbocycles. The number of benzene rings is 1. The minimum absolute atomic E-state index is 0.0486. The van der Waals surface area contributed by atoms with Crippen LogP contribution in [0.5, 0.6) is 0 Å². The Balaban J connectivity index is 1.61. The molecule has 8 heteroatoms. The molecule has 8 nitrogen and oxygen atoms in total. The summed E-state index contributed by atoms with van der Waals surface area (Å²) in [7, 11) is 0. The first-order valence-corrected chi connectivity index (χ1v) is 8.02. The Bertz CT molecular complexity index is 810. The zero-order valence-electron chi connectivity index (χ0n) is 13.9. The fourth-order valence-electron chi connectivity index (χ4n) is 2.51. The molecule has 0 aliphatic carbocycles. The van der Waals surface area contributed by atoms with Gasteiger partial charge in [0.15, 0.2) is 0 Å². The highest BCUT2D eigenvalue weighted by atomic mass is 16.3. The fraction of sp³-hybridized carbons (Fsp3) is 0.294. The van der Waals surface area contributed by atoms with Crippen molar-refractivity contribution in [2.45, 2.75) is 26.1 Å². The maximum Gasteiger partial charge on any atom is 0.251 e. The number of amides is 1. The first kappa shape index (κ1) is 16.8. The number of nitrogens with one attached hydrogen (secondary N) is 1. The molecule has 2 aromatic heterocycles. The van der Waals surface area contributed by atoms with Gasteiger partial charge in [0.1, 0.15) is 12.7 Å². The Morgan fingerprint density at radius 2 is 2.00 bits per heavy atom. The van der Waals surface area contributed by atoms with Crippen molar-refractivity contribution >= 4 is 5.91 Å². The summed E-state index contributed by atoms with van der Waals surface area (Å²) >= 11 is 0. The van der Waals surface area contributed by atoms with E-state index >= 15 is 0 Å². The lowest BCUT2D eigenvalue weighted by molar-refractivity contribution is 0.0936. The molecule has 0 saturated heterocycles. The summed E-state index contributed by atoms with van der Waals surface area (Å²) in [6.07, 6.45) is 6.70. The molecule has 0 aliphatic rings. The minimum atomic E-state index is -0.129. The van der Waals surface area contributed by atoms with Crippen molar-refractivity contribution in [1.29, 1.82) is 0 Å². The van der Waals surface area contributed by atoms with Crippen LogP contribution in [0.25, 0.3) is 11.1 Å². The van der Waals surface area contributed by atoms with Crippen molar-refractivity contribution in [3.63, 3.8) is 0 Å². The van der Waals surface area contributed by atoms with Gasteiger partial charge in [0.2, 0.25) is 0 Å². The van der Waals surface area contributed by atoms with Crippen molar-refractivity contribution in [2.24, 2.45) is 0 Å². The third-order valence-corrected chi connectivity index (χ3v) is 3.75. The number of hydrogen-bond donors (Lipinski definition) is 2. The highest BCUT2D eigenvalue weighted by molar-refractivity contribution is 5.94. The predicted octanol–water partition coefficient (Wildman–Crippen LogP) is 0.952. The van der Waals surface area contributed by atoms with Crippen LogP contribution >= 0.6 is 0 Å². The molecule has 3 rings (SSSR count). The van der Waals surface area contributed by atoms with E-state index in [0.29, 0.717) is 18.7 Å². The lowest BCUT2D eigenvalue weighted by Gasteiger charge is -2.13. The number of carbonyl (C=O) groups is 1. The summed E-state index contributed by atoms with van der Waals surface area (Å²) in [6.45, 7) is 2.99. The van der Waals surface area contributed by atoms with Gasteiger partial charge in [-0.05, 0) is 24.6 Å².